The van der Waals surface area contributed by atoms with Crippen molar-refractivity contribution in [3.05, 3.63) is 51.2 Å². The lowest BCUT2D eigenvalue weighted by atomic mass is 10.2. The van der Waals surface area contributed by atoms with Gasteiger partial charge in [-0.25, -0.2) is 0 Å². The van der Waals surface area contributed by atoms with E-state index in [1.807, 2.05) is 36.4 Å². The van der Waals surface area contributed by atoms with Gasteiger partial charge in [0.2, 0.25) is 5.91 Å². The van der Waals surface area contributed by atoms with E-state index in [1.54, 1.807) is 11.9 Å². The molecule has 0 bridgehead atoms. The van der Waals surface area contributed by atoms with Crippen LogP contribution < -0.4 is 5.32 Å². The Bertz CT molecular complexity index is 615. The minimum absolute atomic E-state index is 0.00563. The van der Waals surface area contributed by atoms with Crippen LogP contribution in [0.4, 0.5) is 5.69 Å². The number of aliphatic hydroxyl groups excluding tert-OH is 1. The molecule has 4 nitrogen and oxygen atoms in total. The minimum Gasteiger partial charge on any atom is -0.392 e. The first-order valence-electron chi connectivity index (χ1n) is 6.50. The molecule has 0 radical (unpaired) electrons. The Balaban J connectivity index is 1.85. The lowest BCUT2D eigenvalue weighted by molar-refractivity contribution is -0.128. The number of nitrogens with zero attached hydrogens (tertiary/aromatic N) is 1. The standard InChI is InChI=1S/C15H17ClN2O2S/c1-18(9-13-5-6-14(16)21-13)15(20)8-17-12-4-2-3-11(7-12)10-19/h2-7,17,19H,8-10H2,1H3. The summed E-state index contributed by atoms with van der Waals surface area (Å²) >= 11 is 7.35. The second-order valence-corrected chi connectivity index (χ2v) is 6.47. The van der Waals surface area contributed by atoms with Crippen molar-refractivity contribution in [3.8, 4) is 0 Å². The van der Waals surface area contributed by atoms with Gasteiger partial charge in [-0.15, -0.1) is 11.3 Å². The van der Waals surface area contributed by atoms with Gasteiger partial charge in [0, 0.05) is 17.6 Å². The van der Waals surface area contributed by atoms with Gasteiger partial charge in [0.25, 0.3) is 0 Å². The number of hydrogen-bond donors (Lipinski definition) is 2. The summed E-state index contributed by atoms with van der Waals surface area (Å²) in [5.41, 5.74) is 1.64. The van der Waals surface area contributed by atoms with Gasteiger partial charge in [-0.05, 0) is 29.8 Å². The Hall–Kier alpha value is -1.56. The number of hydrogen-bond acceptors (Lipinski definition) is 4. The van der Waals surface area contributed by atoms with Crippen molar-refractivity contribution in [2.75, 3.05) is 18.9 Å². The van der Waals surface area contributed by atoms with Gasteiger partial charge in [-0.3, -0.25) is 4.79 Å². The fourth-order valence-corrected chi connectivity index (χ4v) is 2.99. The molecular formula is C15H17ClN2O2S. The Morgan fingerprint density at radius 3 is 2.86 bits per heavy atom. The zero-order valence-corrected chi connectivity index (χ0v) is 13.2. The summed E-state index contributed by atoms with van der Waals surface area (Å²) < 4.78 is 0.727. The number of nitrogens with one attached hydrogen (secondary N) is 1. The van der Waals surface area contributed by atoms with Crippen LogP contribution in [0.25, 0.3) is 0 Å². The summed E-state index contributed by atoms with van der Waals surface area (Å²) in [7, 11) is 1.77. The van der Waals surface area contributed by atoms with Gasteiger partial charge < -0.3 is 15.3 Å². The zero-order chi connectivity index (χ0) is 15.2. The van der Waals surface area contributed by atoms with E-state index in [-0.39, 0.29) is 19.1 Å². The largest absolute Gasteiger partial charge is 0.392 e. The quantitative estimate of drug-likeness (QED) is 0.859. The third-order valence-electron chi connectivity index (χ3n) is 3.00. The first-order chi connectivity index (χ1) is 10.1. The highest BCUT2D eigenvalue weighted by molar-refractivity contribution is 7.16. The second kappa shape index (κ2) is 7.45. The molecule has 0 aliphatic carbocycles. The Labute approximate surface area is 133 Å². The zero-order valence-electron chi connectivity index (χ0n) is 11.7. The van der Waals surface area contributed by atoms with Crippen molar-refractivity contribution in [3.63, 3.8) is 0 Å². The van der Waals surface area contributed by atoms with Gasteiger partial charge in [0.15, 0.2) is 0 Å². The molecule has 2 N–H and O–H groups in total. The van der Waals surface area contributed by atoms with Crippen LogP contribution >= 0.6 is 22.9 Å². The Morgan fingerprint density at radius 2 is 2.19 bits per heavy atom. The molecule has 0 spiro atoms. The molecule has 1 aromatic heterocycles. The number of likely N-dealkylation sites (N-methyl/N-ethyl adjacent to an activating group) is 1. The van der Waals surface area contributed by atoms with Crippen LogP contribution in [0.15, 0.2) is 36.4 Å². The Kier molecular flexibility index (Phi) is 5.61. The number of halogens is 1. The minimum atomic E-state index is -0.0114. The molecule has 1 aromatic carbocycles. The van der Waals surface area contributed by atoms with Gasteiger partial charge in [-0.1, -0.05) is 23.7 Å². The van der Waals surface area contributed by atoms with E-state index in [2.05, 4.69) is 5.32 Å². The average Bonchev–Trinajstić information content (AvgIpc) is 2.90. The number of carbonyl (C=O) groups is 1. The molecule has 112 valence electrons. The smallest absolute Gasteiger partial charge is 0.241 e. The predicted octanol–water partition coefficient (Wildman–Crippen LogP) is 2.96. The third-order valence-corrected chi connectivity index (χ3v) is 4.22. The van der Waals surface area contributed by atoms with Crippen molar-refractivity contribution >= 4 is 34.5 Å². The lowest BCUT2D eigenvalue weighted by Gasteiger charge is -2.17. The lowest BCUT2D eigenvalue weighted by Crippen LogP contribution is -2.31. The maximum Gasteiger partial charge on any atom is 0.241 e. The van der Waals surface area contributed by atoms with Crippen LogP contribution in [0.2, 0.25) is 4.34 Å². The van der Waals surface area contributed by atoms with E-state index in [1.165, 1.54) is 11.3 Å². The van der Waals surface area contributed by atoms with Crippen molar-refractivity contribution in [1.82, 2.24) is 4.90 Å². The second-order valence-electron chi connectivity index (χ2n) is 4.67. The molecule has 0 fully saturated rings. The van der Waals surface area contributed by atoms with Crippen molar-refractivity contribution < 1.29 is 9.90 Å². The first kappa shape index (κ1) is 15.8. The summed E-state index contributed by atoms with van der Waals surface area (Å²) in [5.74, 6) is -0.00563. The van der Waals surface area contributed by atoms with Gasteiger partial charge in [-0.2, -0.15) is 0 Å². The molecule has 0 atom stereocenters. The maximum atomic E-state index is 12.1. The van der Waals surface area contributed by atoms with Crippen LogP contribution in [-0.2, 0) is 17.9 Å². The Morgan fingerprint density at radius 1 is 1.38 bits per heavy atom. The van der Waals surface area contributed by atoms with Crippen LogP contribution in [-0.4, -0.2) is 29.5 Å². The fourth-order valence-electron chi connectivity index (χ4n) is 1.85. The van der Waals surface area contributed by atoms with Crippen molar-refractivity contribution in [1.29, 1.82) is 0 Å². The van der Waals surface area contributed by atoms with E-state index >= 15 is 0 Å². The molecule has 0 unspecified atom stereocenters. The normalized spacial score (nSPS) is 10.4. The van der Waals surface area contributed by atoms with E-state index in [9.17, 15) is 4.79 Å². The molecule has 21 heavy (non-hydrogen) atoms. The van der Waals surface area contributed by atoms with E-state index in [4.69, 9.17) is 16.7 Å². The van der Waals surface area contributed by atoms with E-state index in [0.29, 0.717) is 6.54 Å². The van der Waals surface area contributed by atoms with Crippen molar-refractivity contribution in [2.24, 2.45) is 0 Å². The molecule has 2 aromatic rings. The summed E-state index contributed by atoms with van der Waals surface area (Å²) in [6, 6.07) is 11.1. The number of anilines is 1. The van der Waals surface area contributed by atoms with E-state index < -0.39 is 0 Å². The molecule has 0 saturated heterocycles. The van der Waals surface area contributed by atoms with E-state index in [0.717, 1.165) is 20.5 Å². The molecule has 1 amide bonds. The summed E-state index contributed by atoms with van der Waals surface area (Å²) in [6.07, 6.45) is 0. The molecular weight excluding hydrogens is 308 g/mol. The van der Waals surface area contributed by atoms with Crippen LogP contribution in [0.3, 0.4) is 0 Å². The highest BCUT2D eigenvalue weighted by Gasteiger charge is 2.10. The summed E-state index contributed by atoms with van der Waals surface area (Å²) in [4.78, 5) is 14.8. The SMILES string of the molecule is CN(Cc1ccc(Cl)s1)C(=O)CNc1cccc(CO)c1. The number of carbonyl (C=O) groups excluding carboxylic acids is 1. The summed E-state index contributed by atoms with van der Waals surface area (Å²) in [6.45, 7) is 0.752. The maximum absolute atomic E-state index is 12.1. The average molecular weight is 325 g/mol. The summed E-state index contributed by atoms with van der Waals surface area (Å²) in [5, 5.41) is 12.1. The van der Waals surface area contributed by atoms with Crippen LogP contribution in [0.1, 0.15) is 10.4 Å². The molecule has 0 aliphatic rings. The number of rotatable bonds is 6. The van der Waals surface area contributed by atoms with Crippen LogP contribution in [0, 0.1) is 0 Å². The van der Waals surface area contributed by atoms with Crippen molar-refractivity contribution in [2.45, 2.75) is 13.2 Å². The van der Waals surface area contributed by atoms with Gasteiger partial charge >= 0.3 is 0 Å². The molecule has 6 heteroatoms. The van der Waals surface area contributed by atoms with Gasteiger partial charge in [0.05, 0.1) is 24.0 Å². The monoisotopic (exact) mass is 324 g/mol. The molecule has 0 aliphatic heterocycles. The highest BCUT2D eigenvalue weighted by atomic mass is 35.5. The molecule has 2 rings (SSSR count). The predicted molar refractivity (Wildman–Crippen MR) is 86.7 cm³/mol. The molecule has 0 saturated carbocycles. The van der Waals surface area contributed by atoms with Crippen LogP contribution in [0.5, 0.6) is 0 Å². The van der Waals surface area contributed by atoms with Gasteiger partial charge in [0.1, 0.15) is 0 Å². The fraction of sp³-hybridized carbons (Fsp3) is 0.267. The first-order valence-corrected chi connectivity index (χ1v) is 7.70. The number of thiophene rings is 1. The molecule has 1 heterocycles. The topological polar surface area (TPSA) is 52.6 Å². The third kappa shape index (κ3) is 4.74. The number of benzene rings is 1. The number of aliphatic hydroxyl groups is 1. The number of amides is 1. The highest BCUT2D eigenvalue weighted by Crippen LogP contribution is 2.22.